The number of hydrogen-bond acceptors (Lipinski definition) is 3. The molecule has 3 rings (SSSR count). The first-order valence-electron chi connectivity index (χ1n) is 6.83. The third-order valence-electron chi connectivity index (χ3n) is 3.21. The molecule has 0 spiro atoms. The molecule has 1 N–H and O–H groups in total. The number of aryl methyl sites for hydroxylation is 1. The molecule has 0 aliphatic heterocycles. The fraction of sp³-hybridized carbons (Fsp3) is 0.176. The van der Waals surface area contributed by atoms with E-state index in [1.165, 1.54) is 10.3 Å². The number of benzene rings is 2. The Kier molecular flexibility index (Phi) is 4.31. The molecule has 2 nitrogen and oxygen atoms in total. The SMILES string of the molecule is c1csc(CCCNOc2cccc3ccccc23)c1. The third kappa shape index (κ3) is 3.18. The van der Waals surface area contributed by atoms with Crippen molar-refractivity contribution in [2.45, 2.75) is 12.8 Å². The number of rotatable bonds is 6. The van der Waals surface area contributed by atoms with Gasteiger partial charge in [0, 0.05) is 16.8 Å². The summed E-state index contributed by atoms with van der Waals surface area (Å²) < 4.78 is 0. The fourth-order valence-electron chi connectivity index (χ4n) is 2.20. The standard InChI is InChI=1S/C17H17NOS/c1-2-10-16-14(6-1)7-3-11-17(16)19-18-12-4-8-15-9-5-13-20-15/h1-3,5-7,9-11,13,18H,4,8,12H2. The summed E-state index contributed by atoms with van der Waals surface area (Å²) >= 11 is 1.81. The Balaban J connectivity index is 1.52. The lowest BCUT2D eigenvalue weighted by atomic mass is 10.1. The molecule has 0 fully saturated rings. The maximum atomic E-state index is 5.69. The molecule has 0 unspecified atom stereocenters. The molecule has 102 valence electrons. The summed E-state index contributed by atoms with van der Waals surface area (Å²) in [5.74, 6) is 0.888. The van der Waals surface area contributed by atoms with Crippen LogP contribution in [0.25, 0.3) is 10.8 Å². The largest absolute Gasteiger partial charge is 0.408 e. The summed E-state index contributed by atoms with van der Waals surface area (Å²) in [5.41, 5.74) is 3.06. The summed E-state index contributed by atoms with van der Waals surface area (Å²) in [7, 11) is 0. The number of fused-ring (bicyclic) bond motifs is 1. The van der Waals surface area contributed by atoms with Crippen molar-refractivity contribution in [3.8, 4) is 5.75 Å². The molecule has 0 aliphatic carbocycles. The first-order chi connectivity index (χ1) is 9.93. The Morgan fingerprint density at radius 2 is 1.85 bits per heavy atom. The van der Waals surface area contributed by atoms with Crippen LogP contribution in [0.15, 0.2) is 60.0 Å². The van der Waals surface area contributed by atoms with E-state index < -0.39 is 0 Å². The monoisotopic (exact) mass is 283 g/mol. The van der Waals surface area contributed by atoms with Crippen molar-refractivity contribution in [1.82, 2.24) is 5.48 Å². The number of thiophene rings is 1. The average Bonchev–Trinajstić information content (AvgIpc) is 3.00. The second-order valence-corrected chi connectivity index (χ2v) is 5.69. The molecule has 0 aliphatic rings. The predicted molar refractivity (Wildman–Crippen MR) is 85.2 cm³/mol. The smallest absolute Gasteiger partial charge is 0.154 e. The van der Waals surface area contributed by atoms with Crippen molar-refractivity contribution in [3.05, 3.63) is 64.9 Å². The van der Waals surface area contributed by atoms with E-state index in [0.29, 0.717) is 0 Å². The Hall–Kier alpha value is -1.84. The minimum atomic E-state index is 0.848. The van der Waals surface area contributed by atoms with Crippen LogP contribution in [0.3, 0.4) is 0 Å². The quantitative estimate of drug-likeness (QED) is 0.534. The van der Waals surface area contributed by atoms with Crippen LogP contribution >= 0.6 is 11.3 Å². The van der Waals surface area contributed by atoms with Gasteiger partial charge in [-0.15, -0.1) is 11.3 Å². The molecule has 0 amide bonds. The Morgan fingerprint density at radius 1 is 0.950 bits per heavy atom. The lowest BCUT2D eigenvalue weighted by Crippen LogP contribution is -2.20. The van der Waals surface area contributed by atoms with Gasteiger partial charge in [0.25, 0.3) is 0 Å². The summed E-state index contributed by atoms with van der Waals surface area (Å²) in [6.45, 7) is 0.848. The van der Waals surface area contributed by atoms with E-state index in [2.05, 4.69) is 41.2 Å². The van der Waals surface area contributed by atoms with Gasteiger partial charge in [-0.3, -0.25) is 0 Å². The highest BCUT2D eigenvalue weighted by Crippen LogP contribution is 2.24. The molecular weight excluding hydrogens is 266 g/mol. The molecule has 3 heteroatoms. The molecule has 3 aromatic rings. The summed E-state index contributed by atoms with van der Waals surface area (Å²) in [6, 6.07) is 18.6. The highest BCUT2D eigenvalue weighted by atomic mass is 32.1. The van der Waals surface area contributed by atoms with Crippen molar-refractivity contribution in [3.63, 3.8) is 0 Å². The normalized spacial score (nSPS) is 10.8. The van der Waals surface area contributed by atoms with Gasteiger partial charge in [0.05, 0.1) is 0 Å². The van der Waals surface area contributed by atoms with Gasteiger partial charge >= 0.3 is 0 Å². The van der Waals surface area contributed by atoms with Crippen LogP contribution in [0.4, 0.5) is 0 Å². The molecule has 0 atom stereocenters. The van der Waals surface area contributed by atoms with Crippen LogP contribution in [-0.4, -0.2) is 6.54 Å². The maximum Gasteiger partial charge on any atom is 0.154 e. The van der Waals surface area contributed by atoms with Crippen molar-refractivity contribution < 1.29 is 4.84 Å². The van der Waals surface area contributed by atoms with Crippen LogP contribution in [0.2, 0.25) is 0 Å². The molecule has 0 saturated carbocycles. The highest BCUT2D eigenvalue weighted by molar-refractivity contribution is 7.09. The summed E-state index contributed by atoms with van der Waals surface area (Å²) in [6.07, 6.45) is 2.18. The second kappa shape index (κ2) is 6.55. The molecule has 20 heavy (non-hydrogen) atoms. The molecule has 2 aromatic carbocycles. The van der Waals surface area contributed by atoms with Crippen LogP contribution < -0.4 is 10.3 Å². The minimum absolute atomic E-state index is 0.848. The van der Waals surface area contributed by atoms with Crippen LogP contribution in [0.5, 0.6) is 5.75 Å². The second-order valence-electron chi connectivity index (χ2n) is 4.66. The van der Waals surface area contributed by atoms with Gasteiger partial charge in [0.1, 0.15) is 0 Å². The lowest BCUT2D eigenvalue weighted by molar-refractivity contribution is 0.197. The first-order valence-corrected chi connectivity index (χ1v) is 7.71. The molecule has 1 heterocycles. The van der Waals surface area contributed by atoms with Crippen LogP contribution in [0.1, 0.15) is 11.3 Å². The van der Waals surface area contributed by atoms with E-state index in [-0.39, 0.29) is 0 Å². The van der Waals surface area contributed by atoms with Gasteiger partial charge in [0.2, 0.25) is 0 Å². The Bertz CT molecular complexity index is 658. The van der Waals surface area contributed by atoms with Crippen LogP contribution in [0, 0.1) is 0 Å². The molecule has 0 radical (unpaired) electrons. The van der Waals surface area contributed by atoms with Gasteiger partial charge in [0.15, 0.2) is 5.75 Å². The van der Waals surface area contributed by atoms with Gasteiger partial charge < -0.3 is 4.84 Å². The minimum Gasteiger partial charge on any atom is -0.408 e. The topological polar surface area (TPSA) is 21.3 Å². The van der Waals surface area contributed by atoms with E-state index in [9.17, 15) is 0 Å². The van der Waals surface area contributed by atoms with Gasteiger partial charge in [-0.1, -0.05) is 42.5 Å². The lowest BCUT2D eigenvalue weighted by Gasteiger charge is -2.09. The molecule has 0 saturated heterocycles. The third-order valence-corrected chi connectivity index (χ3v) is 4.15. The number of hydrogen-bond donors (Lipinski definition) is 1. The number of hydroxylamine groups is 1. The maximum absolute atomic E-state index is 5.69. The van der Waals surface area contributed by atoms with E-state index >= 15 is 0 Å². The van der Waals surface area contributed by atoms with Crippen LogP contribution in [-0.2, 0) is 6.42 Å². The fourth-order valence-corrected chi connectivity index (χ4v) is 2.95. The predicted octanol–water partition coefficient (Wildman–Crippen LogP) is 4.42. The van der Waals surface area contributed by atoms with E-state index in [1.54, 1.807) is 0 Å². The zero-order valence-electron chi connectivity index (χ0n) is 11.2. The Labute approximate surface area is 123 Å². The van der Waals surface area contributed by atoms with E-state index in [4.69, 9.17) is 4.84 Å². The van der Waals surface area contributed by atoms with Gasteiger partial charge in [-0.05, 0) is 35.7 Å². The van der Waals surface area contributed by atoms with Gasteiger partial charge in [-0.2, -0.15) is 5.48 Å². The van der Waals surface area contributed by atoms with Crippen molar-refractivity contribution >= 4 is 22.1 Å². The van der Waals surface area contributed by atoms with Gasteiger partial charge in [-0.25, -0.2) is 0 Å². The van der Waals surface area contributed by atoms with Crippen molar-refractivity contribution in [2.75, 3.05) is 6.54 Å². The summed E-state index contributed by atoms with van der Waals surface area (Å²) in [5, 5.41) is 4.46. The molecular formula is C17H17NOS. The highest BCUT2D eigenvalue weighted by Gasteiger charge is 2.01. The van der Waals surface area contributed by atoms with Crippen molar-refractivity contribution in [2.24, 2.45) is 0 Å². The van der Waals surface area contributed by atoms with E-state index in [1.807, 2.05) is 35.6 Å². The Morgan fingerprint density at radius 3 is 2.75 bits per heavy atom. The first kappa shape index (κ1) is 13.2. The van der Waals surface area contributed by atoms with E-state index in [0.717, 1.165) is 30.5 Å². The zero-order chi connectivity index (χ0) is 13.6. The molecule has 0 bridgehead atoms. The average molecular weight is 283 g/mol. The number of nitrogens with one attached hydrogen (secondary N) is 1. The summed E-state index contributed by atoms with van der Waals surface area (Å²) in [4.78, 5) is 7.12. The zero-order valence-corrected chi connectivity index (χ0v) is 12.0. The molecule has 1 aromatic heterocycles. The van der Waals surface area contributed by atoms with Crippen molar-refractivity contribution in [1.29, 1.82) is 0 Å².